The van der Waals surface area contributed by atoms with Crippen LogP contribution in [-0.2, 0) is 77.4 Å². The molecule has 0 aliphatic rings. The Balaban J connectivity index is -0.000000187. The molecule has 6 N–H and O–H groups in total. The maximum absolute atomic E-state index is 12.4. The number of likely N-dealkylation sites (N-methyl/N-ethyl adjacent to an activating group) is 4. The Bertz CT molecular complexity index is 1860. The fourth-order valence-electron chi connectivity index (χ4n) is 6.49. The summed E-state index contributed by atoms with van der Waals surface area (Å²) in [7, 11) is 4.00. The average molecular weight is 1240 g/mol. The molecule has 0 amide bonds. The zero-order valence-corrected chi connectivity index (χ0v) is 47.1. The Morgan fingerprint density at radius 1 is 0.373 bits per heavy atom. The predicted octanol–water partition coefficient (Wildman–Crippen LogP) is 4.22. The molecule has 0 heterocycles. The van der Waals surface area contributed by atoms with Crippen LogP contribution in [0.25, 0.3) is 0 Å². The molecule has 0 aliphatic heterocycles. The van der Waals surface area contributed by atoms with Crippen molar-refractivity contribution in [3.63, 3.8) is 0 Å². The van der Waals surface area contributed by atoms with Crippen molar-refractivity contribution in [2.75, 3.05) is 97.0 Å². The molecule has 4 aromatic carbocycles. The van der Waals surface area contributed by atoms with Gasteiger partial charge in [-0.3, -0.25) is 0 Å². The maximum Gasteiger partial charge on any atom is 2.00 e. The molecule has 0 fully saturated rings. The van der Waals surface area contributed by atoms with E-state index in [1.165, 1.54) is 28.4 Å². The summed E-state index contributed by atoms with van der Waals surface area (Å²) >= 11 is 0. The second-order valence-electron chi connectivity index (χ2n) is 15.8. The first-order valence-electron chi connectivity index (χ1n) is 21.3. The summed E-state index contributed by atoms with van der Waals surface area (Å²) in [6.07, 6.45) is 0. The van der Waals surface area contributed by atoms with Crippen LogP contribution in [-0.4, -0.2) is 152 Å². The fraction of sp³-hybridized carbons (Fsp3) is 0.478. The van der Waals surface area contributed by atoms with Gasteiger partial charge in [-0.2, -0.15) is 0 Å². The topological polar surface area (TPSA) is 246 Å². The molecule has 0 unspecified atom stereocenters. The third kappa shape index (κ3) is 36.7. The Kier molecular flexibility index (Phi) is 48.9. The molecule has 0 aliphatic carbocycles. The Morgan fingerprint density at radius 3 is 0.627 bits per heavy atom. The molecule has 0 saturated heterocycles. The quantitative estimate of drug-likeness (QED) is 0.105. The van der Waals surface area contributed by atoms with E-state index in [-0.39, 0.29) is 85.2 Å². The monoisotopic (exact) mass is 1240 g/mol. The first-order valence-corrected chi connectivity index (χ1v) is 21.3. The van der Waals surface area contributed by atoms with Crippen LogP contribution in [0.5, 0.6) is 46.0 Å². The summed E-state index contributed by atoms with van der Waals surface area (Å²) in [4.78, 5) is 8.39. The number of hydrogen-bond acceptors (Lipinski definition) is 14. The molecule has 29 heteroatoms. The molecule has 0 spiro atoms. The van der Waals surface area contributed by atoms with Crippen LogP contribution in [0, 0.1) is 27.7 Å². The van der Waals surface area contributed by atoms with Gasteiger partial charge in [0.05, 0.1) is 28.4 Å². The van der Waals surface area contributed by atoms with Crippen molar-refractivity contribution in [2.45, 2.75) is 53.9 Å². The van der Waals surface area contributed by atoms with E-state index >= 15 is 0 Å². The van der Waals surface area contributed by atoms with Crippen LogP contribution in [0.2, 0.25) is 0 Å². The van der Waals surface area contributed by atoms with E-state index in [4.69, 9.17) is 29.2 Å². The number of halogens is 8. The fourth-order valence-corrected chi connectivity index (χ4v) is 6.49. The van der Waals surface area contributed by atoms with Gasteiger partial charge >= 0.3 is 65.7 Å². The van der Waals surface area contributed by atoms with Gasteiger partial charge < -0.3 is 115 Å². The van der Waals surface area contributed by atoms with Gasteiger partial charge in [0.2, 0.25) is 0 Å². The van der Waals surface area contributed by atoms with E-state index in [0.29, 0.717) is 49.2 Å². The first-order chi connectivity index (χ1) is 32.5. The van der Waals surface area contributed by atoms with Crippen molar-refractivity contribution in [3.05, 3.63) is 93.0 Å². The standard InChI is InChI=1S/2C22H32N2O4.2CH4O.2BF4.3Cu.2H2O/c2*1-15-9-17(21(25)19(11-15)27-5)13-23(3)7-8-24(4)14-18-10-16(2)12-20(28-6)22(18)26;2*1-2;2*2-1(3,4)5;;;;;/h2*9-12,25-26H,7-8,13-14H2,1-6H3;2*2H,1H3;;;;;;2*1H2/q;;;;2*-1;3*+2;;/p-4. The van der Waals surface area contributed by atoms with Gasteiger partial charge in [0.1, 0.15) is 23.0 Å². The molecule has 0 atom stereocenters. The molecule has 0 aromatic heterocycles. The number of nitrogens with zero attached hydrogens (tertiary/aromatic N) is 4. The number of ether oxygens (including phenoxy) is 4. The molecule has 3 radical (unpaired) electrons. The van der Waals surface area contributed by atoms with Gasteiger partial charge in [-0.25, -0.2) is 0 Å². The predicted molar refractivity (Wildman–Crippen MR) is 258 cm³/mol. The zero-order valence-electron chi connectivity index (χ0n) is 44.3. The van der Waals surface area contributed by atoms with Crippen LogP contribution in [0.1, 0.15) is 44.5 Å². The molecule has 443 valence electrons. The van der Waals surface area contributed by atoms with Crippen LogP contribution in [0.15, 0.2) is 48.5 Å². The summed E-state index contributed by atoms with van der Waals surface area (Å²) in [5.41, 5.74) is 6.95. The summed E-state index contributed by atoms with van der Waals surface area (Å²) in [5.74, 6) is 1.31. The second kappa shape index (κ2) is 43.1. The molecular formula is C46H72B2Cu3F8N4O12. The Morgan fingerprint density at radius 2 is 0.507 bits per heavy atom. The summed E-state index contributed by atoms with van der Waals surface area (Å²) in [6.45, 7) is 13.1. The van der Waals surface area contributed by atoms with Crippen molar-refractivity contribution in [1.29, 1.82) is 0 Å². The Labute approximate surface area is 468 Å². The third-order valence-corrected chi connectivity index (χ3v) is 9.47. The largest absolute Gasteiger partial charge is 2.00 e. The van der Waals surface area contributed by atoms with Gasteiger partial charge in [-0.15, -0.1) is 0 Å². The number of benzene rings is 4. The van der Waals surface area contributed by atoms with Gasteiger partial charge in [-0.05, 0) is 125 Å². The van der Waals surface area contributed by atoms with E-state index in [1.54, 1.807) is 24.3 Å². The van der Waals surface area contributed by atoms with Crippen LogP contribution < -0.4 is 39.4 Å². The third-order valence-electron chi connectivity index (χ3n) is 9.47. The van der Waals surface area contributed by atoms with Crippen molar-refractivity contribution in [3.8, 4) is 46.0 Å². The van der Waals surface area contributed by atoms with E-state index in [2.05, 4.69) is 19.6 Å². The zero-order chi connectivity index (χ0) is 54.7. The number of hydrogen-bond donors (Lipinski definition) is 2. The minimum atomic E-state index is -6.00. The first kappa shape index (κ1) is 85.0. The molecule has 16 nitrogen and oxygen atoms in total. The second-order valence-corrected chi connectivity index (χ2v) is 15.8. The van der Waals surface area contributed by atoms with E-state index < -0.39 is 14.5 Å². The minimum Gasteiger partial charge on any atom is -0.870 e. The number of aliphatic hydroxyl groups is 2. The van der Waals surface area contributed by atoms with Crippen molar-refractivity contribution >= 4 is 14.5 Å². The molecule has 75 heavy (non-hydrogen) atoms. The smallest absolute Gasteiger partial charge is 0.870 e. The summed E-state index contributed by atoms with van der Waals surface area (Å²) < 4.78 is 98.7. The van der Waals surface area contributed by atoms with Crippen molar-refractivity contribution in [1.82, 2.24) is 19.6 Å². The van der Waals surface area contributed by atoms with Crippen molar-refractivity contribution < 1.29 is 146 Å². The molecule has 4 aromatic rings. The minimum absolute atomic E-state index is 0. The molecular weight excluding hydrogens is 1160 g/mol. The molecule has 0 bridgehead atoms. The SMILES string of the molecule is CO.CO.COc1cc(C)cc(CN(C)CCN(C)Cc2cc(C)cc(OC)c2[O-])c1[O-].COc1cc(C)cc(CN(C)CCN(C)Cc2cc(C)cc(OC)c2[O-])c1[O-].F[B-](F)(F)F.F[B-](F)(F)F.O.O.[Cu+2].[Cu+2].[Cu+2]. The van der Waals surface area contributed by atoms with Crippen LogP contribution in [0.3, 0.4) is 0 Å². The number of aliphatic hydroxyl groups excluding tert-OH is 2. The Hall–Kier alpha value is -3.91. The van der Waals surface area contributed by atoms with E-state index in [1.807, 2.05) is 80.2 Å². The number of rotatable bonds is 18. The van der Waals surface area contributed by atoms with Gasteiger partial charge in [0.15, 0.2) is 0 Å². The van der Waals surface area contributed by atoms with Crippen molar-refractivity contribution in [2.24, 2.45) is 0 Å². The van der Waals surface area contributed by atoms with E-state index in [0.717, 1.165) is 84.9 Å². The average Bonchev–Trinajstić information content (AvgIpc) is 3.27. The van der Waals surface area contributed by atoms with E-state index in [9.17, 15) is 55.0 Å². The maximum atomic E-state index is 12.4. The van der Waals surface area contributed by atoms with Gasteiger partial charge in [-0.1, -0.05) is 47.3 Å². The van der Waals surface area contributed by atoms with Gasteiger partial charge in [0, 0.05) is 66.6 Å². The molecule has 4 rings (SSSR count). The number of aryl methyl sites for hydroxylation is 4. The van der Waals surface area contributed by atoms with Crippen LogP contribution in [0.4, 0.5) is 34.5 Å². The molecule has 0 saturated carbocycles. The summed E-state index contributed by atoms with van der Waals surface area (Å²) in [6, 6.07) is 14.7. The summed E-state index contributed by atoms with van der Waals surface area (Å²) in [5, 5.41) is 63.6. The van der Waals surface area contributed by atoms with Crippen LogP contribution >= 0.6 is 0 Å². The van der Waals surface area contributed by atoms with Gasteiger partial charge in [0.25, 0.3) is 0 Å². The normalized spacial score (nSPS) is 10.2. The number of methoxy groups -OCH3 is 4.